The third-order valence-corrected chi connectivity index (χ3v) is 3.21. The van der Waals surface area contributed by atoms with Crippen molar-refractivity contribution < 1.29 is 4.74 Å². The van der Waals surface area contributed by atoms with Gasteiger partial charge in [-0.25, -0.2) is 5.43 Å². The molecule has 1 aromatic heterocycles. The van der Waals surface area contributed by atoms with Crippen LogP contribution in [0.25, 0.3) is 0 Å². The highest BCUT2D eigenvalue weighted by Gasteiger charge is 2.15. The first-order chi connectivity index (χ1) is 9.76. The lowest BCUT2D eigenvalue weighted by Crippen LogP contribution is -2.29. The van der Waals surface area contributed by atoms with Crippen LogP contribution < -0.4 is 16.0 Å². The standard InChI is InChI=1S/C16H21N3O/c1-3-8-20-14-9-13(10-18-11-14)16(19-17)15-7-5-4-6-12(15)2/h4-7,9-11,16,19H,3,8,17H2,1-2H3. The molecule has 0 spiro atoms. The molecule has 0 aliphatic carbocycles. The molecule has 1 unspecified atom stereocenters. The Morgan fingerprint density at radius 2 is 2.10 bits per heavy atom. The Morgan fingerprint density at radius 3 is 2.80 bits per heavy atom. The van der Waals surface area contributed by atoms with Crippen LogP contribution in [0.4, 0.5) is 0 Å². The highest BCUT2D eigenvalue weighted by atomic mass is 16.5. The highest BCUT2D eigenvalue weighted by molar-refractivity contribution is 5.37. The number of pyridine rings is 1. The van der Waals surface area contributed by atoms with Crippen LogP contribution in [0.1, 0.15) is 36.1 Å². The molecule has 3 N–H and O–H groups in total. The van der Waals surface area contributed by atoms with E-state index < -0.39 is 0 Å². The first kappa shape index (κ1) is 14.5. The summed E-state index contributed by atoms with van der Waals surface area (Å²) in [5.41, 5.74) is 6.19. The van der Waals surface area contributed by atoms with Gasteiger partial charge in [0.2, 0.25) is 0 Å². The average Bonchev–Trinajstić information content (AvgIpc) is 2.48. The van der Waals surface area contributed by atoms with E-state index in [-0.39, 0.29) is 6.04 Å². The summed E-state index contributed by atoms with van der Waals surface area (Å²) in [6, 6.07) is 10.1. The lowest BCUT2D eigenvalue weighted by Gasteiger charge is -2.19. The molecule has 0 radical (unpaired) electrons. The van der Waals surface area contributed by atoms with Crippen LogP contribution in [0.2, 0.25) is 0 Å². The zero-order valence-corrected chi connectivity index (χ0v) is 12.0. The van der Waals surface area contributed by atoms with Crippen LogP contribution >= 0.6 is 0 Å². The molecule has 0 aliphatic heterocycles. The number of aryl methyl sites for hydroxylation is 1. The molecule has 4 nitrogen and oxygen atoms in total. The first-order valence-corrected chi connectivity index (χ1v) is 6.85. The van der Waals surface area contributed by atoms with Crippen molar-refractivity contribution in [1.82, 2.24) is 10.4 Å². The van der Waals surface area contributed by atoms with Gasteiger partial charge in [-0.15, -0.1) is 0 Å². The van der Waals surface area contributed by atoms with Crippen LogP contribution in [0.15, 0.2) is 42.7 Å². The molecule has 0 saturated heterocycles. The predicted molar refractivity (Wildman–Crippen MR) is 80.4 cm³/mol. The molecule has 0 bridgehead atoms. The van der Waals surface area contributed by atoms with E-state index in [1.807, 2.05) is 24.4 Å². The third-order valence-electron chi connectivity index (χ3n) is 3.21. The van der Waals surface area contributed by atoms with Crippen molar-refractivity contribution in [2.75, 3.05) is 6.61 Å². The maximum absolute atomic E-state index is 5.74. The monoisotopic (exact) mass is 271 g/mol. The molecule has 1 atom stereocenters. The molecule has 4 heteroatoms. The second-order valence-electron chi connectivity index (χ2n) is 4.76. The number of nitrogens with two attached hydrogens (primary N) is 1. The second-order valence-corrected chi connectivity index (χ2v) is 4.76. The fourth-order valence-electron chi connectivity index (χ4n) is 2.17. The average molecular weight is 271 g/mol. The lowest BCUT2D eigenvalue weighted by molar-refractivity contribution is 0.315. The molecule has 2 aromatic rings. The van der Waals surface area contributed by atoms with Crippen molar-refractivity contribution in [3.8, 4) is 5.75 Å². The normalized spacial score (nSPS) is 12.2. The van der Waals surface area contributed by atoms with E-state index in [4.69, 9.17) is 10.6 Å². The van der Waals surface area contributed by atoms with E-state index in [0.717, 1.165) is 23.3 Å². The largest absolute Gasteiger partial charge is 0.492 e. The molecule has 0 fully saturated rings. The van der Waals surface area contributed by atoms with Crippen molar-refractivity contribution in [3.05, 3.63) is 59.4 Å². The van der Waals surface area contributed by atoms with Gasteiger partial charge in [-0.3, -0.25) is 10.8 Å². The summed E-state index contributed by atoms with van der Waals surface area (Å²) in [7, 11) is 0. The van der Waals surface area contributed by atoms with Gasteiger partial charge in [0.1, 0.15) is 5.75 Å². The van der Waals surface area contributed by atoms with Crippen LogP contribution in [0.3, 0.4) is 0 Å². The molecular weight excluding hydrogens is 250 g/mol. The number of hydrazine groups is 1. The number of benzene rings is 1. The van der Waals surface area contributed by atoms with E-state index in [1.54, 1.807) is 6.20 Å². The topological polar surface area (TPSA) is 60.2 Å². The van der Waals surface area contributed by atoms with Crippen LogP contribution in [-0.2, 0) is 0 Å². The molecule has 0 saturated carbocycles. The summed E-state index contributed by atoms with van der Waals surface area (Å²) in [6.07, 6.45) is 4.51. The van der Waals surface area contributed by atoms with Gasteiger partial charge in [0.15, 0.2) is 0 Å². The number of hydrogen-bond acceptors (Lipinski definition) is 4. The van der Waals surface area contributed by atoms with Gasteiger partial charge in [-0.1, -0.05) is 31.2 Å². The predicted octanol–water partition coefficient (Wildman–Crippen LogP) is 2.73. The minimum Gasteiger partial charge on any atom is -0.492 e. The number of aromatic nitrogens is 1. The quantitative estimate of drug-likeness (QED) is 0.626. The number of hydrogen-bond donors (Lipinski definition) is 2. The summed E-state index contributed by atoms with van der Waals surface area (Å²) in [5.74, 6) is 6.51. The minimum atomic E-state index is -0.0890. The van der Waals surface area contributed by atoms with Crippen LogP contribution in [0, 0.1) is 6.92 Å². The van der Waals surface area contributed by atoms with Crippen molar-refractivity contribution in [2.45, 2.75) is 26.3 Å². The highest BCUT2D eigenvalue weighted by Crippen LogP contribution is 2.25. The summed E-state index contributed by atoms with van der Waals surface area (Å²) in [6.45, 7) is 4.84. The van der Waals surface area contributed by atoms with Gasteiger partial charge in [0, 0.05) is 6.20 Å². The molecule has 1 heterocycles. The molecule has 1 aromatic carbocycles. The maximum atomic E-state index is 5.74. The number of nitrogens with zero attached hydrogens (tertiary/aromatic N) is 1. The summed E-state index contributed by atoms with van der Waals surface area (Å²) in [4.78, 5) is 4.24. The summed E-state index contributed by atoms with van der Waals surface area (Å²) < 4.78 is 5.63. The van der Waals surface area contributed by atoms with E-state index >= 15 is 0 Å². The van der Waals surface area contributed by atoms with Crippen LogP contribution in [-0.4, -0.2) is 11.6 Å². The Hall–Kier alpha value is -1.91. The second kappa shape index (κ2) is 7.03. The number of nitrogens with one attached hydrogen (secondary N) is 1. The Labute approximate surface area is 120 Å². The minimum absolute atomic E-state index is 0.0890. The molecule has 20 heavy (non-hydrogen) atoms. The van der Waals surface area contributed by atoms with Gasteiger partial charge in [0.25, 0.3) is 0 Å². The van der Waals surface area contributed by atoms with Gasteiger partial charge >= 0.3 is 0 Å². The van der Waals surface area contributed by atoms with Gasteiger partial charge < -0.3 is 4.74 Å². The number of rotatable bonds is 6. The molecule has 0 aliphatic rings. The van der Waals surface area contributed by atoms with Crippen molar-refractivity contribution in [1.29, 1.82) is 0 Å². The smallest absolute Gasteiger partial charge is 0.137 e. The Morgan fingerprint density at radius 1 is 1.30 bits per heavy atom. The Bertz CT molecular complexity index is 557. The molecule has 106 valence electrons. The summed E-state index contributed by atoms with van der Waals surface area (Å²) in [5, 5.41) is 0. The van der Waals surface area contributed by atoms with Gasteiger partial charge in [0.05, 0.1) is 18.8 Å². The van der Waals surface area contributed by atoms with Crippen molar-refractivity contribution in [3.63, 3.8) is 0 Å². The third kappa shape index (κ3) is 3.35. The number of ether oxygens (including phenoxy) is 1. The van der Waals surface area contributed by atoms with Crippen molar-refractivity contribution >= 4 is 0 Å². The zero-order valence-electron chi connectivity index (χ0n) is 12.0. The molecule has 0 amide bonds. The van der Waals surface area contributed by atoms with E-state index in [2.05, 4.69) is 36.4 Å². The SMILES string of the molecule is CCCOc1cncc(C(NN)c2ccccc2C)c1. The Kier molecular flexibility index (Phi) is 5.09. The van der Waals surface area contributed by atoms with Crippen LogP contribution in [0.5, 0.6) is 5.75 Å². The van der Waals surface area contributed by atoms with E-state index in [0.29, 0.717) is 6.61 Å². The maximum Gasteiger partial charge on any atom is 0.137 e. The molecular formula is C16H21N3O. The first-order valence-electron chi connectivity index (χ1n) is 6.85. The van der Waals surface area contributed by atoms with Gasteiger partial charge in [-0.2, -0.15) is 0 Å². The Balaban J connectivity index is 2.30. The van der Waals surface area contributed by atoms with Crippen molar-refractivity contribution in [2.24, 2.45) is 5.84 Å². The lowest BCUT2D eigenvalue weighted by atomic mass is 9.96. The van der Waals surface area contributed by atoms with E-state index in [9.17, 15) is 0 Å². The van der Waals surface area contributed by atoms with E-state index in [1.165, 1.54) is 5.56 Å². The summed E-state index contributed by atoms with van der Waals surface area (Å²) >= 11 is 0. The zero-order chi connectivity index (χ0) is 14.4. The molecule has 2 rings (SSSR count). The fraction of sp³-hybridized carbons (Fsp3) is 0.312. The van der Waals surface area contributed by atoms with Gasteiger partial charge in [-0.05, 0) is 36.1 Å². The fourth-order valence-corrected chi connectivity index (χ4v) is 2.17.